The summed E-state index contributed by atoms with van der Waals surface area (Å²) in [7, 11) is 0. The highest BCUT2D eigenvalue weighted by molar-refractivity contribution is 5.44. The topological polar surface area (TPSA) is 24.9 Å². The average molecular weight is 260 g/mol. The lowest BCUT2D eigenvalue weighted by atomic mass is 10.1. The highest BCUT2D eigenvalue weighted by atomic mass is 16.7. The minimum Gasteiger partial charge on any atom is -0.454 e. The van der Waals surface area contributed by atoms with Crippen LogP contribution in [-0.2, 0) is 6.54 Å². The molecule has 2 saturated heterocycles. The summed E-state index contributed by atoms with van der Waals surface area (Å²) in [5.74, 6) is 1.78. The van der Waals surface area contributed by atoms with Crippen molar-refractivity contribution in [3.8, 4) is 11.5 Å². The summed E-state index contributed by atoms with van der Waals surface area (Å²) in [6, 6.07) is 7.12. The second kappa shape index (κ2) is 4.69. The van der Waals surface area contributed by atoms with Crippen LogP contribution in [-0.4, -0.2) is 48.8 Å². The Kier molecular flexibility index (Phi) is 2.85. The number of piperazine rings is 1. The fourth-order valence-corrected chi connectivity index (χ4v) is 3.50. The monoisotopic (exact) mass is 260 g/mol. The van der Waals surface area contributed by atoms with E-state index in [1.807, 2.05) is 6.07 Å². The Morgan fingerprint density at radius 1 is 1.11 bits per heavy atom. The van der Waals surface area contributed by atoms with Crippen LogP contribution in [0.3, 0.4) is 0 Å². The van der Waals surface area contributed by atoms with Crippen LogP contribution >= 0.6 is 0 Å². The summed E-state index contributed by atoms with van der Waals surface area (Å²) in [4.78, 5) is 5.22. The number of benzene rings is 1. The SMILES string of the molecule is c1cc2c(cc1CN1CCN3CCCC3C1)OCO2. The molecule has 1 unspecified atom stereocenters. The third kappa shape index (κ3) is 2.19. The van der Waals surface area contributed by atoms with Crippen LogP contribution in [0.1, 0.15) is 18.4 Å². The first-order valence-electron chi connectivity index (χ1n) is 7.23. The predicted molar refractivity (Wildman–Crippen MR) is 72.4 cm³/mol. The van der Waals surface area contributed by atoms with E-state index in [0.29, 0.717) is 6.79 Å². The molecule has 0 aromatic heterocycles. The zero-order chi connectivity index (χ0) is 12.7. The third-order valence-corrected chi connectivity index (χ3v) is 4.51. The van der Waals surface area contributed by atoms with Gasteiger partial charge in [0.25, 0.3) is 0 Å². The highest BCUT2D eigenvalue weighted by Gasteiger charge is 2.30. The van der Waals surface area contributed by atoms with Crippen LogP contribution in [0.4, 0.5) is 0 Å². The Balaban J connectivity index is 1.44. The molecule has 4 rings (SSSR count). The van der Waals surface area contributed by atoms with E-state index in [0.717, 1.165) is 24.1 Å². The van der Waals surface area contributed by atoms with Crippen molar-refractivity contribution < 1.29 is 9.47 Å². The second-order valence-corrected chi connectivity index (χ2v) is 5.75. The van der Waals surface area contributed by atoms with Gasteiger partial charge < -0.3 is 9.47 Å². The van der Waals surface area contributed by atoms with E-state index in [4.69, 9.17) is 9.47 Å². The molecule has 0 N–H and O–H groups in total. The number of rotatable bonds is 2. The number of nitrogens with zero attached hydrogens (tertiary/aromatic N) is 2. The molecule has 0 spiro atoms. The first kappa shape index (κ1) is 11.6. The second-order valence-electron chi connectivity index (χ2n) is 5.75. The quantitative estimate of drug-likeness (QED) is 0.808. The van der Waals surface area contributed by atoms with Gasteiger partial charge in [0, 0.05) is 32.2 Å². The van der Waals surface area contributed by atoms with Crippen molar-refractivity contribution in [2.45, 2.75) is 25.4 Å². The lowest BCUT2D eigenvalue weighted by Gasteiger charge is -2.37. The Morgan fingerprint density at radius 3 is 3.05 bits per heavy atom. The van der Waals surface area contributed by atoms with Gasteiger partial charge in [-0.25, -0.2) is 0 Å². The van der Waals surface area contributed by atoms with E-state index in [2.05, 4.69) is 21.9 Å². The fourth-order valence-electron chi connectivity index (χ4n) is 3.50. The number of hydrogen-bond donors (Lipinski definition) is 0. The van der Waals surface area contributed by atoms with Gasteiger partial charge in [0.05, 0.1) is 0 Å². The average Bonchev–Trinajstić information content (AvgIpc) is 3.05. The van der Waals surface area contributed by atoms with Crippen molar-refractivity contribution in [3.63, 3.8) is 0 Å². The lowest BCUT2D eigenvalue weighted by Crippen LogP contribution is -2.49. The summed E-state index contributed by atoms with van der Waals surface area (Å²) >= 11 is 0. The third-order valence-electron chi connectivity index (χ3n) is 4.51. The minimum absolute atomic E-state index is 0.361. The molecule has 1 aromatic carbocycles. The van der Waals surface area contributed by atoms with E-state index in [1.54, 1.807) is 0 Å². The van der Waals surface area contributed by atoms with Crippen molar-refractivity contribution in [1.82, 2.24) is 9.80 Å². The first-order valence-corrected chi connectivity index (χ1v) is 7.23. The van der Waals surface area contributed by atoms with Gasteiger partial charge in [-0.2, -0.15) is 0 Å². The summed E-state index contributed by atoms with van der Waals surface area (Å²) in [5, 5.41) is 0. The van der Waals surface area contributed by atoms with Gasteiger partial charge in [-0.1, -0.05) is 6.07 Å². The number of ether oxygens (including phenoxy) is 2. The summed E-state index contributed by atoms with van der Waals surface area (Å²) in [5.41, 5.74) is 1.33. The molecule has 0 saturated carbocycles. The van der Waals surface area contributed by atoms with Crippen molar-refractivity contribution in [3.05, 3.63) is 23.8 Å². The fraction of sp³-hybridized carbons (Fsp3) is 0.600. The lowest BCUT2D eigenvalue weighted by molar-refractivity contribution is 0.0993. The van der Waals surface area contributed by atoms with E-state index >= 15 is 0 Å². The highest BCUT2D eigenvalue weighted by Crippen LogP contribution is 2.33. The molecule has 1 aromatic rings. The molecule has 19 heavy (non-hydrogen) atoms. The van der Waals surface area contributed by atoms with Gasteiger partial charge in [-0.15, -0.1) is 0 Å². The maximum absolute atomic E-state index is 5.45. The molecule has 0 bridgehead atoms. The summed E-state index contributed by atoms with van der Waals surface area (Å²) in [6.45, 7) is 6.33. The minimum atomic E-state index is 0.361. The van der Waals surface area contributed by atoms with Crippen LogP contribution in [0.5, 0.6) is 11.5 Å². The molecule has 3 aliphatic rings. The smallest absolute Gasteiger partial charge is 0.231 e. The number of fused-ring (bicyclic) bond motifs is 2. The van der Waals surface area contributed by atoms with Crippen LogP contribution in [0.15, 0.2) is 18.2 Å². The Hall–Kier alpha value is -1.26. The first-order chi connectivity index (χ1) is 9.38. The summed E-state index contributed by atoms with van der Waals surface area (Å²) in [6.07, 6.45) is 2.75. The maximum atomic E-state index is 5.45. The van der Waals surface area contributed by atoms with Gasteiger partial charge in [0.15, 0.2) is 11.5 Å². The molecule has 1 atom stereocenters. The van der Waals surface area contributed by atoms with Crippen LogP contribution < -0.4 is 9.47 Å². The van der Waals surface area contributed by atoms with Crippen LogP contribution in [0.25, 0.3) is 0 Å². The normalized spacial score (nSPS) is 26.6. The molecule has 102 valence electrons. The zero-order valence-corrected chi connectivity index (χ0v) is 11.2. The van der Waals surface area contributed by atoms with E-state index in [-0.39, 0.29) is 0 Å². The molecule has 0 radical (unpaired) electrons. The molecule has 4 nitrogen and oxygen atoms in total. The molecule has 0 amide bonds. The Bertz CT molecular complexity index is 477. The van der Waals surface area contributed by atoms with Crippen molar-refractivity contribution in [2.75, 3.05) is 33.0 Å². The maximum Gasteiger partial charge on any atom is 0.231 e. The van der Waals surface area contributed by atoms with E-state index < -0.39 is 0 Å². The molecular weight excluding hydrogens is 240 g/mol. The van der Waals surface area contributed by atoms with Crippen LogP contribution in [0, 0.1) is 0 Å². The van der Waals surface area contributed by atoms with Crippen molar-refractivity contribution >= 4 is 0 Å². The van der Waals surface area contributed by atoms with Crippen molar-refractivity contribution in [2.24, 2.45) is 0 Å². The molecule has 3 aliphatic heterocycles. The summed E-state index contributed by atoms with van der Waals surface area (Å²) < 4.78 is 10.8. The Labute approximate surface area is 113 Å². The van der Waals surface area contributed by atoms with Gasteiger partial charge >= 0.3 is 0 Å². The van der Waals surface area contributed by atoms with E-state index in [9.17, 15) is 0 Å². The largest absolute Gasteiger partial charge is 0.454 e. The van der Waals surface area contributed by atoms with Crippen molar-refractivity contribution in [1.29, 1.82) is 0 Å². The number of hydrogen-bond acceptors (Lipinski definition) is 4. The van der Waals surface area contributed by atoms with Crippen LogP contribution in [0.2, 0.25) is 0 Å². The van der Waals surface area contributed by atoms with Gasteiger partial charge in [-0.05, 0) is 37.1 Å². The molecule has 4 heteroatoms. The molecule has 0 aliphatic carbocycles. The zero-order valence-electron chi connectivity index (χ0n) is 11.2. The van der Waals surface area contributed by atoms with Gasteiger partial charge in [-0.3, -0.25) is 9.80 Å². The molecule has 3 heterocycles. The molecule has 2 fully saturated rings. The Morgan fingerprint density at radius 2 is 2.05 bits per heavy atom. The van der Waals surface area contributed by atoms with E-state index in [1.165, 1.54) is 44.6 Å². The standard InChI is InChI=1S/C15H20N2O2/c1-2-13-10-16(6-7-17(13)5-1)9-12-3-4-14-15(8-12)19-11-18-14/h3-4,8,13H,1-2,5-7,9-11H2. The predicted octanol–water partition coefficient (Wildman–Crippen LogP) is 1.70. The van der Waals surface area contributed by atoms with Gasteiger partial charge in [0.1, 0.15) is 0 Å². The molecular formula is C15H20N2O2. The van der Waals surface area contributed by atoms with Gasteiger partial charge in [0.2, 0.25) is 6.79 Å².